The second-order valence-electron chi connectivity index (χ2n) is 6.76. The number of hydrogen-bond acceptors (Lipinski definition) is 6. The van der Waals surface area contributed by atoms with Crippen LogP contribution in [0.25, 0.3) is 0 Å². The van der Waals surface area contributed by atoms with Crippen LogP contribution >= 0.6 is 0 Å². The Hall–Kier alpha value is -4.01. The van der Waals surface area contributed by atoms with Crippen LogP contribution in [-0.2, 0) is 16.1 Å². The van der Waals surface area contributed by atoms with E-state index in [-0.39, 0.29) is 31.4 Å². The van der Waals surface area contributed by atoms with Crippen molar-refractivity contribution in [2.75, 3.05) is 32.2 Å². The molecule has 32 heavy (non-hydrogen) atoms. The summed E-state index contributed by atoms with van der Waals surface area (Å²) in [5, 5.41) is 9.60. The van der Waals surface area contributed by atoms with E-state index in [1.807, 2.05) is 30.3 Å². The zero-order valence-electron chi connectivity index (χ0n) is 17.8. The Bertz CT molecular complexity index is 989. The van der Waals surface area contributed by atoms with E-state index >= 15 is 0 Å². The number of benzene rings is 2. The molecule has 3 rings (SSSR count). The first kappa shape index (κ1) is 22.7. The number of hydrogen-bond donors (Lipinski definition) is 2. The molecule has 0 fully saturated rings. The highest BCUT2D eigenvalue weighted by Crippen LogP contribution is 2.16. The quantitative estimate of drug-likeness (QED) is 0.421. The number of ether oxygens (including phenoxy) is 3. The lowest BCUT2D eigenvalue weighted by Gasteiger charge is -2.08. The number of amides is 2. The first-order valence-electron chi connectivity index (χ1n) is 10.2. The van der Waals surface area contributed by atoms with Crippen molar-refractivity contribution in [2.45, 2.75) is 13.0 Å². The molecule has 0 bridgehead atoms. The lowest BCUT2D eigenvalue weighted by molar-refractivity contribution is -0.122. The molecule has 0 saturated heterocycles. The van der Waals surface area contributed by atoms with Gasteiger partial charge in [0.05, 0.1) is 38.6 Å². The molecule has 168 valence electrons. The largest absolute Gasteiger partial charge is 0.497 e. The minimum absolute atomic E-state index is 0.0372. The van der Waals surface area contributed by atoms with Gasteiger partial charge in [0.25, 0.3) is 0 Å². The highest BCUT2D eigenvalue weighted by molar-refractivity contribution is 5.90. The van der Waals surface area contributed by atoms with Gasteiger partial charge in [-0.25, -0.2) is 0 Å². The number of carbonyl (C=O) groups is 2. The maximum absolute atomic E-state index is 12.1. The molecule has 0 saturated carbocycles. The molecule has 0 radical (unpaired) electrons. The van der Waals surface area contributed by atoms with Crippen molar-refractivity contribution < 1.29 is 23.8 Å². The molecule has 0 spiro atoms. The van der Waals surface area contributed by atoms with Crippen molar-refractivity contribution in [2.24, 2.45) is 0 Å². The summed E-state index contributed by atoms with van der Waals surface area (Å²) in [6, 6.07) is 16.5. The van der Waals surface area contributed by atoms with Crippen molar-refractivity contribution >= 4 is 17.5 Å². The molecule has 1 heterocycles. The third-order valence-corrected chi connectivity index (χ3v) is 4.32. The minimum Gasteiger partial charge on any atom is -0.497 e. The van der Waals surface area contributed by atoms with E-state index in [0.29, 0.717) is 30.3 Å². The van der Waals surface area contributed by atoms with Crippen molar-refractivity contribution in [1.82, 2.24) is 15.1 Å². The van der Waals surface area contributed by atoms with E-state index in [2.05, 4.69) is 15.7 Å². The topological polar surface area (TPSA) is 104 Å². The average Bonchev–Trinajstić information content (AvgIpc) is 3.24. The minimum atomic E-state index is -0.208. The summed E-state index contributed by atoms with van der Waals surface area (Å²) in [7, 11) is 1.60. The van der Waals surface area contributed by atoms with Gasteiger partial charge in [-0.2, -0.15) is 5.10 Å². The van der Waals surface area contributed by atoms with Gasteiger partial charge in [-0.3, -0.25) is 14.3 Å². The molecule has 9 heteroatoms. The molecule has 0 unspecified atom stereocenters. The van der Waals surface area contributed by atoms with Gasteiger partial charge in [0.15, 0.2) is 0 Å². The fourth-order valence-electron chi connectivity index (χ4n) is 2.75. The van der Waals surface area contributed by atoms with Crippen molar-refractivity contribution in [3.05, 3.63) is 67.0 Å². The summed E-state index contributed by atoms with van der Waals surface area (Å²) in [5.41, 5.74) is 0.519. The standard InChI is InChI=1S/C23H26N4O5/c1-30-19-7-9-21(10-8-19)32-14-12-24-23(29)17-27-16-18(15-25-27)26-22(28)11-13-31-20-5-3-2-4-6-20/h2-10,15-16H,11-14,17H2,1H3,(H,24,29)(H,26,28). The molecule has 9 nitrogen and oxygen atoms in total. The molecular formula is C23H26N4O5. The summed E-state index contributed by atoms with van der Waals surface area (Å²) >= 11 is 0. The Morgan fingerprint density at radius 2 is 1.59 bits per heavy atom. The Labute approximate surface area is 186 Å². The highest BCUT2D eigenvalue weighted by atomic mass is 16.5. The lowest BCUT2D eigenvalue weighted by Crippen LogP contribution is -2.31. The Kier molecular flexibility index (Phi) is 8.50. The smallest absolute Gasteiger partial charge is 0.241 e. The molecule has 0 aliphatic heterocycles. The van der Waals surface area contributed by atoms with Gasteiger partial charge < -0.3 is 24.8 Å². The third-order valence-electron chi connectivity index (χ3n) is 4.32. The van der Waals surface area contributed by atoms with Crippen LogP contribution in [0.3, 0.4) is 0 Å². The number of methoxy groups -OCH3 is 1. The summed E-state index contributed by atoms with van der Waals surface area (Å²) in [6.45, 7) is 1.00. The number of para-hydroxylation sites is 1. The Balaban J connectivity index is 1.31. The monoisotopic (exact) mass is 438 g/mol. The summed E-state index contributed by atoms with van der Waals surface area (Å²) in [5.74, 6) is 1.76. The third kappa shape index (κ3) is 7.67. The van der Waals surface area contributed by atoms with Gasteiger partial charge in [-0.15, -0.1) is 0 Å². The fraction of sp³-hybridized carbons (Fsp3) is 0.261. The van der Waals surface area contributed by atoms with Crippen LogP contribution in [0, 0.1) is 0 Å². The van der Waals surface area contributed by atoms with Crippen LogP contribution in [0.15, 0.2) is 67.0 Å². The van der Waals surface area contributed by atoms with E-state index in [1.54, 1.807) is 37.6 Å². The van der Waals surface area contributed by atoms with E-state index in [4.69, 9.17) is 14.2 Å². The van der Waals surface area contributed by atoms with Gasteiger partial charge in [0, 0.05) is 6.20 Å². The molecule has 0 atom stereocenters. The maximum atomic E-state index is 12.1. The maximum Gasteiger partial charge on any atom is 0.241 e. The number of rotatable bonds is 12. The molecular weight excluding hydrogens is 412 g/mol. The van der Waals surface area contributed by atoms with Crippen LogP contribution in [0.5, 0.6) is 17.2 Å². The molecule has 3 aromatic rings. The van der Waals surface area contributed by atoms with Gasteiger partial charge in [-0.05, 0) is 36.4 Å². The van der Waals surface area contributed by atoms with Crippen LogP contribution in [0.4, 0.5) is 5.69 Å². The number of carbonyl (C=O) groups excluding carboxylic acids is 2. The van der Waals surface area contributed by atoms with Crippen molar-refractivity contribution in [3.63, 3.8) is 0 Å². The molecule has 0 aliphatic carbocycles. The normalized spacial score (nSPS) is 10.3. The summed E-state index contributed by atoms with van der Waals surface area (Å²) < 4.78 is 17.6. The molecule has 2 N–H and O–H groups in total. The fourth-order valence-corrected chi connectivity index (χ4v) is 2.75. The predicted octanol–water partition coefficient (Wildman–Crippen LogP) is 2.49. The lowest BCUT2D eigenvalue weighted by atomic mass is 10.3. The molecule has 2 amide bonds. The zero-order valence-corrected chi connectivity index (χ0v) is 17.8. The SMILES string of the molecule is COc1ccc(OCCNC(=O)Cn2cc(NC(=O)CCOc3ccccc3)cn2)cc1. The van der Waals surface area contributed by atoms with E-state index in [9.17, 15) is 9.59 Å². The van der Waals surface area contributed by atoms with Crippen LogP contribution < -0.4 is 24.8 Å². The second-order valence-corrected chi connectivity index (χ2v) is 6.76. The highest BCUT2D eigenvalue weighted by Gasteiger charge is 2.08. The second kappa shape index (κ2) is 12.0. The van der Waals surface area contributed by atoms with E-state index in [0.717, 1.165) is 5.75 Å². The average molecular weight is 438 g/mol. The van der Waals surface area contributed by atoms with Crippen LogP contribution in [0.1, 0.15) is 6.42 Å². The molecule has 0 aliphatic rings. The van der Waals surface area contributed by atoms with Gasteiger partial charge in [-0.1, -0.05) is 18.2 Å². The Morgan fingerprint density at radius 3 is 2.34 bits per heavy atom. The van der Waals surface area contributed by atoms with Gasteiger partial charge in [0.1, 0.15) is 30.4 Å². The molecule has 1 aromatic heterocycles. The van der Waals surface area contributed by atoms with Crippen molar-refractivity contribution in [1.29, 1.82) is 0 Å². The summed E-state index contributed by atoms with van der Waals surface area (Å²) in [6.07, 6.45) is 3.30. The first-order chi connectivity index (χ1) is 15.6. The number of nitrogens with zero attached hydrogens (tertiary/aromatic N) is 2. The zero-order chi connectivity index (χ0) is 22.6. The van der Waals surface area contributed by atoms with E-state index in [1.165, 1.54) is 10.9 Å². The summed E-state index contributed by atoms with van der Waals surface area (Å²) in [4.78, 5) is 24.1. The first-order valence-corrected chi connectivity index (χ1v) is 10.2. The Morgan fingerprint density at radius 1 is 0.906 bits per heavy atom. The number of aromatic nitrogens is 2. The molecule has 2 aromatic carbocycles. The number of anilines is 1. The predicted molar refractivity (Wildman–Crippen MR) is 119 cm³/mol. The van der Waals surface area contributed by atoms with E-state index < -0.39 is 0 Å². The number of nitrogens with one attached hydrogen (secondary N) is 2. The van der Waals surface area contributed by atoms with Crippen LogP contribution in [-0.4, -0.2) is 48.5 Å². The van der Waals surface area contributed by atoms with Gasteiger partial charge in [0.2, 0.25) is 11.8 Å². The van der Waals surface area contributed by atoms with Gasteiger partial charge >= 0.3 is 0 Å². The van der Waals surface area contributed by atoms with Crippen molar-refractivity contribution in [3.8, 4) is 17.2 Å². The van der Waals surface area contributed by atoms with Crippen LogP contribution in [0.2, 0.25) is 0 Å².